The van der Waals surface area contributed by atoms with Crippen molar-refractivity contribution < 1.29 is 19.8 Å². The predicted molar refractivity (Wildman–Crippen MR) is 90.5 cm³/mol. The SMILES string of the molecule is N[C@H](Cc1cccc(-c2cccc(C[C@@H](N)C(=O)O)c2)c1)C(=O)O. The van der Waals surface area contributed by atoms with Crippen molar-refractivity contribution in [2.24, 2.45) is 11.5 Å². The number of benzene rings is 2. The van der Waals surface area contributed by atoms with Crippen molar-refractivity contribution in [1.82, 2.24) is 0 Å². The van der Waals surface area contributed by atoms with Crippen LogP contribution in [0.2, 0.25) is 0 Å². The third kappa shape index (κ3) is 4.65. The first-order chi connectivity index (χ1) is 11.4. The summed E-state index contributed by atoms with van der Waals surface area (Å²) >= 11 is 0. The molecule has 0 aliphatic carbocycles. The largest absolute Gasteiger partial charge is 0.480 e. The summed E-state index contributed by atoms with van der Waals surface area (Å²) in [6, 6.07) is 13.0. The van der Waals surface area contributed by atoms with E-state index in [4.69, 9.17) is 21.7 Å². The van der Waals surface area contributed by atoms with Crippen LogP contribution in [-0.4, -0.2) is 34.2 Å². The lowest BCUT2D eigenvalue weighted by Gasteiger charge is -2.11. The van der Waals surface area contributed by atoms with Gasteiger partial charge in [0.15, 0.2) is 0 Å². The number of carbonyl (C=O) groups is 2. The maximum absolute atomic E-state index is 10.9. The van der Waals surface area contributed by atoms with Gasteiger partial charge >= 0.3 is 11.9 Å². The van der Waals surface area contributed by atoms with Gasteiger partial charge in [0, 0.05) is 0 Å². The van der Waals surface area contributed by atoms with E-state index in [9.17, 15) is 9.59 Å². The maximum Gasteiger partial charge on any atom is 0.320 e. The minimum Gasteiger partial charge on any atom is -0.480 e. The van der Waals surface area contributed by atoms with Gasteiger partial charge in [0.05, 0.1) is 0 Å². The molecule has 0 amide bonds. The normalized spacial score (nSPS) is 13.2. The third-order valence-corrected chi connectivity index (χ3v) is 3.73. The third-order valence-electron chi connectivity index (χ3n) is 3.73. The molecule has 0 heterocycles. The average Bonchev–Trinajstić information content (AvgIpc) is 2.55. The van der Waals surface area contributed by atoms with Gasteiger partial charge < -0.3 is 21.7 Å². The molecule has 126 valence electrons. The summed E-state index contributed by atoms with van der Waals surface area (Å²) in [7, 11) is 0. The number of nitrogens with two attached hydrogens (primary N) is 2. The quantitative estimate of drug-likeness (QED) is 0.606. The number of carboxylic acids is 2. The van der Waals surface area contributed by atoms with Crippen LogP contribution in [0.1, 0.15) is 11.1 Å². The molecule has 0 aromatic heterocycles. The smallest absolute Gasteiger partial charge is 0.320 e. The van der Waals surface area contributed by atoms with E-state index in [1.54, 1.807) is 0 Å². The summed E-state index contributed by atoms with van der Waals surface area (Å²) in [6.07, 6.45) is 0.486. The van der Waals surface area contributed by atoms with Crippen molar-refractivity contribution in [3.8, 4) is 11.1 Å². The summed E-state index contributed by atoms with van der Waals surface area (Å²) in [4.78, 5) is 21.8. The molecule has 0 saturated heterocycles. The van der Waals surface area contributed by atoms with Crippen molar-refractivity contribution >= 4 is 11.9 Å². The van der Waals surface area contributed by atoms with E-state index in [1.807, 2.05) is 48.5 Å². The van der Waals surface area contributed by atoms with E-state index in [0.29, 0.717) is 0 Å². The molecule has 0 unspecified atom stereocenters. The second-order valence-electron chi connectivity index (χ2n) is 5.70. The van der Waals surface area contributed by atoms with E-state index >= 15 is 0 Å². The van der Waals surface area contributed by atoms with E-state index in [0.717, 1.165) is 22.3 Å². The molecule has 24 heavy (non-hydrogen) atoms. The highest BCUT2D eigenvalue weighted by molar-refractivity contribution is 5.74. The summed E-state index contributed by atoms with van der Waals surface area (Å²) in [5.41, 5.74) is 14.6. The van der Waals surface area contributed by atoms with Gasteiger partial charge in [-0.2, -0.15) is 0 Å². The van der Waals surface area contributed by atoms with Crippen LogP contribution in [0, 0.1) is 0 Å². The van der Waals surface area contributed by atoms with E-state index in [-0.39, 0.29) is 12.8 Å². The number of carboxylic acid groups (broad SMARTS) is 2. The molecule has 0 fully saturated rings. The molecule has 0 spiro atoms. The van der Waals surface area contributed by atoms with Crippen LogP contribution < -0.4 is 11.5 Å². The van der Waals surface area contributed by atoms with Crippen molar-refractivity contribution in [2.75, 3.05) is 0 Å². The number of rotatable bonds is 7. The zero-order valence-corrected chi connectivity index (χ0v) is 13.1. The van der Waals surface area contributed by atoms with Gasteiger partial charge in [-0.15, -0.1) is 0 Å². The summed E-state index contributed by atoms with van der Waals surface area (Å²) in [5, 5.41) is 17.8. The van der Waals surface area contributed by atoms with Crippen molar-refractivity contribution in [3.05, 3.63) is 59.7 Å². The Kier molecular flexibility index (Phi) is 5.68. The highest BCUT2D eigenvalue weighted by atomic mass is 16.4. The Labute approximate surface area is 139 Å². The number of aliphatic carboxylic acids is 2. The lowest BCUT2D eigenvalue weighted by atomic mass is 9.97. The van der Waals surface area contributed by atoms with Gasteiger partial charge in [-0.05, 0) is 35.1 Å². The van der Waals surface area contributed by atoms with E-state index in [2.05, 4.69) is 0 Å². The Balaban J connectivity index is 2.22. The molecular weight excluding hydrogens is 308 g/mol. The Morgan fingerprint density at radius 3 is 1.50 bits per heavy atom. The molecule has 0 saturated carbocycles. The lowest BCUT2D eigenvalue weighted by molar-refractivity contribution is -0.139. The monoisotopic (exact) mass is 328 g/mol. The van der Waals surface area contributed by atoms with Crippen LogP contribution >= 0.6 is 0 Å². The molecule has 2 rings (SSSR count). The average molecular weight is 328 g/mol. The molecule has 6 N–H and O–H groups in total. The molecule has 2 aromatic rings. The molecule has 0 aliphatic heterocycles. The van der Waals surface area contributed by atoms with Crippen LogP contribution in [0.15, 0.2) is 48.5 Å². The molecule has 0 aliphatic rings. The van der Waals surface area contributed by atoms with Gasteiger partial charge in [0.25, 0.3) is 0 Å². The van der Waals surface area contributed by atoms with Crippen molar-refractivity contribution in [3.63, 3.8) is 0 Å². The molecule has 2 aromatic carbocycles. The van der Waals surface area contributed by atoms with E-state index in [1.165, 1.54) is 0 Å². The first-order valence-electron chi connectivity index (χ1n) is 7.52. The Hall–Kier alpha value is -2.70. The highest BCUT2D eigenvalue weighted by Crippen LogP contribution is 2.22. The fourth-order valence-corrected chi connectivity index (χ4v) is 2.44. The van der Waals surface area contributed by atoms with Gasteiger partial charge in [-0.25, -0.2) is 0 Å². The molecule has 6 nitrogen and oxygen atoms in total. The van der Waals surface area contributed by atoms with Crippen LogP contribution in [0.5, 0.6) is 0 Å². The lowest BCUT2D eigenvalue weighted by Crippen LogP contribution is -2.32. The van der Waals surface area contributed by atoms with Crippen LogP contribution in [0.4, 0.5) is 0 Å². The summed E-state index contributed by atoms with van der Waals surface area (Å²) < 4.78 is 0. The highest BCUT2D eigenvalue weighted by Gasteiger charge is 2.14. The molecule has 6 heteroatoms. The predicted octanol–water partition coefficient (Wildman–Crippen LogP) is 1.26. The Morgan fingerprint density at radius 1 is 0.792 bits per heavy atom. The molecule has 0 radical (unpaired) electrons. The number of hydrogen-bond acceptors (Lipinski definition) is 4. The van der Waals surface area contributed by atoms with Gasteiger partial charge in [0.1, 0.15) is 12.1 Å². The van der Waals surface area contributed by atoms with Gasteiger partial charge in [-0.3, -0.25) is 9.59 Å². The number of hydrogen-bond donors (Lipinski definition) is 4. The zero-order chi connectivity index (χ0) is 17.7. The molecular formula is C18H20N2O4. The van der Waals surface area contributed by atoms with Crippen molar-refractivity contribution in [1.29, 1.82) is 0 Å². The first-order valence-corrected chi connectivity index (χ1v) is 7.52. The second-order valence-corrected chi connectivity index (χ2v) is 5.70. The molecule has 0 bridgehead atoms. The standard InChI is InChI=1S/C18H20N2O4/c19-15(17(21)22)9-11-3-1-5-13(7-11)14-6-2-4-12(8-14)10-16(20)18(23)24/h1-8,15-16H,9-10,19-20H2,(H,21,22)(H,23,24)/t15-,16-/m1/s1. The van der Waals surface area contributed by atoms with Crippen molar-refractivity contribution in [2.45, 2.75) is 24.9 Å². The first kappa shape index (κ1) is 17.7. The fraction of sp³-hybridized carbons (Fsp3) is 0.222. The minimum atomic E-state index is -1.04. The Morgan fingerprint density at radius 2 is 1.17 bits per heavy atom. The maximum atomic E-state index is 10.9. The van der Waals surface area contributed by atoms with Crippen LogP contribution in [0.25, 0.3) is 11.1 Å². The van der Waals surface area contributed by atoms with Gasteiger partial charge in [-0.1, -0.05) is 48.5 Å². The van der Waals surface area contributed by atoms with E-state index < -0.39 is 24.0 Å². The second kappa shape index (κ2) is 7.72. The van der Waals surface area contributed by atoms with Crippen LogP contribution in [-0.2, 0) is 22.4 Å². The van der Waals surface area contributed by atoms with Gasteiger partial charge in [0.2, 0.25) is 0 Å². The minimum absolute atomic E-state index is 0.243. The summed E-state index contributed by atoms with van der Waals surface area (Å²) in [5.74, 6) is -2.07. The zero-order valence-electron chi connectivity index (χ0n) is 13.1. The summed E-state index contributed by atoms with van der Waals surface area (Å²) in [6.45, 7) is 0. The van der Waals surface area contributed by atoms with Crippen LogP contribution in [0.3, 0.4) is 0 Å². The molecule has 2 atom stereocenters. The topological polar surface area (TPSA) is 127 Å². The fourth-order valence-electron chi connectivity index (χ4n) is 2.44. The Bertz CT molecular complexity index is 682.